The highest BCUT2D eigenvalue weighted by Gasteiger charge is 2.16. The van der Waals surface area contributed by atoms with E-state index in [0.717, 1.165) is 33.6 Å². The Kier molecular flexibility index (Phi) is 9.06. The zero-order chi connectivity index (χ0) is 25.4. The molecule has 6 heteroatoms. The summed E-state index contributed by atoms with van der Waals surface area (Å²) >= 11 is 0. The lowest BCUT2D eigenvalue weighted by Gasteiger charge is -2.17. The molecule has 0 radical (unpaired) electrons. The van der Waals surface area contributed by atoms with Crippen LogP contribution in [0.2, 0.25) is 0 Å². The molecule has 0 unspecified atom stereocenters. The Labute approximate surface area is 204 Å². The summed E-state index contributed by atoms with van der Waals surface area (Å²) in [6.07, 6.45) is 4.23. The zero-order valence-electron chi connectivity index (χ0n) is 19.8. The molecule has 3 N–H and O–H groups in total. The van der Waals surface area contributed by atoms with Crippen molar-refractivity contribution < 1.29 is 24.5 Å². The molecule has 35 heavy (non-hydrogen) atoms. The molecular formula is C29H30FNO4. The van der Waals surface area contributed by atoms with Crippen LogP contribution in [0.1, 0.15) is 43.9 Å². The summed E-state index contributed by atoms with van der Waals surface area (Å²) in [5, 5.41) is 28.5. The molecule has 0 saturated heterocycles. The Morgan fingerprint density at radius 1 is 1.00 bits per heavy atom. The Hall–Kier alpha value is -3.61. The van der Waals surface area contributed by atoms with Gasteiger partial charge in [-0.3, -0.25) is 9.78 Å². The van der Waals surface area contributed by atoms with Gasteiger partial charge in [-0.05, 0) is 35.2 Å². The first-order chi connectivity index (χ1) is 16.7. The van der Waals surface area contributed by atoms with E-state index in [9.17, 15) is 19.4 Å². The van der Waals surface area contributed by atoms with Gasteiger partial charge in [0, 0.05) is 17.5 Å². The van der Waals surface area contributed by atoms with Gasteiger partial charge in [0.05, 0.1) is 30.0 Å². The van der Waals surface area contributed by atoms with Crippen molar-refractivity contribution >= 4 is 12.0 Å². The second kappa shape index (κ2) is 12.2. The molecular weight excluding hydrogens is 445 g/mol. The van der Waals surface area contributed by atoms with E-state index in [1.807, 2.05) is 42.5 Å². The molecule has 3 rings (SSSR count). The fraction of sp³-hybridized carbons (Fsp3) is 0.241. The first kappa shape index (κ1) is 26.0. The number of nitrogens with zero attached hydrogens (tertiary/aromatic N) is 1. The van der Waals surface area contributed by atoms with Crippen LogP contribution >= 0.6 is 0 Å². The van der Waals surface area contributed by atoms with E-state index in [-0.39, 0.29) is 18.2 Å². The number of hydrogen-bond acceptors (Lipinski definition) is 4. The van der Waals surface area contributed by atoms with Crippen LogP contribution in [0, 0.1) is 5.82 Å². The van der Waals surface area contributed by atoms with Crippen molar-refractivity contribution in [2.24, 2.45) is 0 Å². The van der Waals surface area contributed by atoms with Crippen LogP contribution in [-0.4, -0.2) is 38.5 Å². The molecule has 0 fully saturated rings. The molecule has 3 aromatic rings. The smallest absolute Gasteiger partial charge is 0.305 e. The molecule has 0 saturated carbocycles. The number of aliphatic carboxylic acids is 1. The average Bonchev–Trinajstić information content (AvgIpc) is 2.82. The Bertz CT molecular complexity index is 1190. The summed E-state index contributed by atoms with van der Waals surface area (Å²) in [6, 6.07) is 18.2. The van der Waals surface area contributed by atoms with Crippen LogP contribution in [0.4, 0.5) is 4.39 Å². The summed E-state index contributed by atoms with van der Waals surface area (Å²) < 4.78 is 13.6. The van der Waals surface area contributed by atoms with Crippen LogP contribution in [0.5, 0.6) is 0 Å². The lowest BCUT2D eigenvalue weighted by atomic mass is 9.92. The highest BCUT2D eigenvalue weighted by Crippen LogP contribution is 2.34. The van der Waals surface area contributed by atoms with Crippen molar-refractivity contribution in [2.45, 2.75) is 44.8 Å². The highest BCUT2D eigenvalue weighted by atomic mass is 19.1. The van der Waals surface area contributed by atoms with Gasteiger partial charge in [-0.1, -0.05) is 80.6 Å². The number of carbonyl (C=O) groups is 1. The first-order valence-electron chi connectivity index (χ1n) is 11.5. The van der Waals surface area contributed by atoms with E-state index in [0.29, 0.717) is 0 Å². The molecule has 0 aliphatic rings. The molecule has 0 spiro atoms. The number of rotatable bonds is 10. The number of aromatic nitrogens is 1. The van der Waals surface area contributed by atoms with Crippen LogP contribution in [-0.2, 0) is 4.79 Å². The number of aliphatic hydroxyl groups is 2. The number of benzene rings is 2. The monoisotopic (exact) mass is 475 g/mol. The van der Waals surface area contributed by atoms with Crippen molar-refractivity contribution in [2.75, 3.05) is 0 Å². The molecule has 2 atom stereocenters. The van der Waals surface area contributed by atoms with Gasteiger partial charge >= 0.3 is 5.97 Å². The minimum absolute atomic E-state index is 0.0674. The van der Waals surface area contributed by atoms with Crippen LogP contribution in [0.25, 0.3) is 28.5 Å². The number of aliphatic hydroxyl groups excluding tert-OH is 2. The highest BCUT2D eigenvalue weighted by molar-refractivity contribution is 5.80. The third-order valence-electron chi connectivity index (χ3n) is 5.49. The summed E-state index contributed by atoms with van der Waals surface area (Å²) in [7, 11) is 0. The van der Waals surface area contributed by atoms with E-state index in [1.165, 1.54) is 18.2 Å². The van der Waals surface area contributed by atoms with Crippen molar-refractivity contribution in [3.63, 3.8) is 0 Å². The van der Waals surface area contributed by atoms with Gasteiger partial charge in [-0.25, -0.2) is 4.39 Å². The fourth-order valence-electron chi connectivity index (χ4n) is 3.80. The van der Waals surface area contributed by atoms with Gasteiger partial charge in [0.2, 0.25) is 0 Å². The predicted molar refractivity (Wildman–Crippen MR) is 136 cm³/mol. The molecule has 2 aromatic carbocycles. The normalized spacial score (nSPS) is 13.5. The van der Waals surface area contributed by atoms with Crippen LogP contribution < -0.4 is 0 Å². The molecule has 0 aliphatic heterocycles. The predicted octanol–water partition coefficient (Wildman–Crippen LogP) is 5.83. The van der Waals surface area contributed by atoms with Gasteiger partial charge in [-0.15, -0.1) is 0 Å². The van der Waals surface area contributed by atoms with Crippen LogP contribution in [0.3, 0.4) is 0 Å². The van der Waals surface area contributed by atoms with Gasteiger partial charge in [-0.2, -0.15) is 0 Å². The number of allylic oxidation sites excluding steroid dienone is 2. The third kappa shape index (κ3) is 7.44. The summed E-state index contributed by atoms with van der Waals surface area (Å²) in [6.45, 7) is 4.12. The van der Waals surface area contributed by atoms with Crippen LogP contribution in [0.15, 0.2) is 78.9 Å². The second-order valence-electron chi connectivity index (χ2n) is 8.68. The molecule has 182 valence electrons. The molecule has 0 aliphatic carbocycles. The first-order valence-corrected chi connectivity index (χ1v) is 11.5. The largest absolute Gasteiger partial charge is 0.481 e. The summed E-state index contributed by atoms with van der Waals surface area (Å²) in [5.41, 5.74) is 5.34. The SMILES string of the molecule is CC(C)c1nc(-c2ccccc2)cc(-c2ccc(F)cc2)c1C=C/C=C/[C@H](O)C[C@H](O)CC(=O)O. The lowest BCUT2D eigenvalue weighted by Crippen LogP contribution is -2.19. The number of pyridine rings is 1. The average molecular weight is 476 g/mol. The van der Waals surface area contributed by atoms with E-state index < -0.39 is 24.6 Å². The lowest BCUT2D eigenvalue weighted by molar-refractivity contribution is -0.139. The van der Waals surface area contributed by atoms with Crippen molar-refractivity contribution in [1.29, 1.82) is 0 Å². The van der Waals surface area contributed by atoms with E-state index in [4.69, 9.17) is 10.1 Å². The molecule has 0 amide bonds. The minimum atomic E-state index is -1.12. The quantitative estimate of drug-likeness (QED) is 0.321. The summed E-state index contributed by atoms with van der Waals surface area (Å²) in [5.74, 6) is -1.32. The summed E-state index contributed by atoms with van der Waals surface area (Å²) in [4.78, 5) is 15.6. The van der Waals surface area contributed by atoms with E-state index in [1.54, 1.807) is 24.3 Å². The van der Waals surface area contributed by atoms with Gasteiger partial charge in [0.15, 0.2) is 0 Å². The molecule has 0 bridgehead atoms. The minimum Gasteiger partial charge on any atom is -0.481 e. The Balaban J connectivity index is 1.98. The third-order valence-corrected chi connectivity index (χ3v) is 5.49. The number of hydrogen-bond donors (Lipinski definition) is 3. The van der Waals surface area contributed by atoms with Gasteiger partial charge in [0.25, 0.3) is 0 Å². The number of halogens is 1. The zero-order valence-corrected chi connectivity index (χ0v) is 19.8. The van der Waals surface area contributed by atoms with Gasteiger partial charge < -0.3 is 15.3 Å². The van der Waals surface area contributed by atoms with Crippen molar-refractivity contribution in [3.05, 3.63) is 96.0 Å². The molecule has 1 aromatic heterocycles. The second-order valence-corrected chi connectivity index (χ2v) is 8.68. The Morgan fingerprint density at radius 3 is 2.31 bits per heavy atom. The Morgan fingerprint density at radius 2 is 1.69 bits per heavy atom. The maximum absolute atomic E-state index is 13.6. The maximum atomic E-state index is 13.6. The number of carboxylic acid groups (broad SMARTS) is 1. The van der Waals surface area contributed by atoms with Gasteiger partial charge in [0.1, 0.15) is 5.82 Å². The van der Waals surface area contributed by atoms with E-state index in [2.05, 4.69) is 13.8 Å². The van der Waals surface area contributed by atoms with Crippen molar-refractivity contribution in [1.82, 2.24) is 4.98 Å². The molecule has 1 heterocycles. The molecule has 5 nitrogen and oxygen atoms in total. The standard InChI is InChI=1S/C29H30FNO4/c1-19(2)29-25(11-7-6-10-23(32)16-24(33)17-28(34)35)26(20-12-14-22(30)15-13-20)18-27(31-29)21-8-4-3-5-9-21/h3-15,18-19,23-24,32-33H,16-17H2,1-2H3,(H,34,35)/b10-6+,11-7?/t23-,24-/m0/s1. The maximum Gasteiger partial charge on any atom is 0.305 e. The topological polar surface area (TPSA) is 90.7 Å². The number of carboxylic acids is 1. The fourth-order valence-corrected chi connectivity index (χ4v) is 3.80. The van der Waals surface area contributed by atoms with Crippen molar-refractivity contribution in [3.8, 4) is 22.4 Å². The van der Waals surface area contributed by atoms with E-state index >= 15 is 0 Å².